The number of aromatic nitrogens is 1. The van der Waals surface area contributed by atoms with E-state index < -0.39 is 5.97 Å². The summed E-state index contributed by atoms with van der Waals surface area (Å²) >= 11 is 5.87. The van der Waals surface area contributed by atoms with Crippen LogP contribution in [0.2, 0.25) is 5.02 Å². The maximum absolute atomic E-state index is 11.1. The van der Waals surface area contributed by atoms with E-state index in [0.29, 0.717) is 11.7 Å². The Bertz CT molecular complexity index is 496. The van der Waals surface area contributed by atoms with Crippen molar-refractivity contribution in [3.8, 4) is 0 Å². The molecule has 1 N–H and O–H groups in total. The van der Waals surface area contributed by atoms with Gasteiger partial charge >= 0.3 is 5.97 Å². The van der Waals surface area contributed by atoms with E-state index in [-0.39, 0.29) is 10.7 Å². The highest BCUT2D eigenvalue weighted by molar-refractivity contribution is 6.33. The van der Waals surface area contributed by atoms with Crippen LogP contribution in [0, 0.1) is 5.92 Å². The maximum atomic E-state index is 11.1. The van der Waals surface area contributed by atoms with Crippen molar-refractivity contribution in [3.05, 3.63) is 22.8 Å². The fourth-order valence-electron chi connectivity index (χ4n) is 2.78. The van der Waals surface area contributed by atoms with E-state index in [1.165, 1.54) is 6.42 Å². The highest BCUT2D eigenvalue weighted by atomic mass is 35.5. The molecule has 0 aromatic carbocycles. The van der Waals surface area contributed by atoms with Gasteiger partial charge in [-0.15, -0.1) is 0 Å². The molecule has 2 rings (SSSR count). The number of rotatable bonds is 6. The van der Waals surface area contributed by atoms with Crippen molar-refractivity contribution in [1.29, 1.82) is 0 Å². The number of methoxy groups -OCH3 is 1. The molecule has 1 aromatic heterocycles. The molecule has 116 valence electrons. The summed E-state index contributed by atoms with van der Waals surface area (Å²) in [6.45, 7) is 2.62. The smallest absolute Gasteiger partial charge is 0.356 e. The molecule has 0 radical (unpaired) electrons. The standard InChI is InChI=1S/C15H21ClN2O3/c1-21-9-3-5-11-4-2-8-18(10-11)13-7-6-12(16)14(17-13)15(19)20/h6-7,11H,2-5,8-10H2,1H3,(H,19,20). The molecule has 0 saturated carbocycles. The van der Waals surface area contributed by atoms with Gasteiger partial charge in [0.15, 0.2) is 5.69 Å². The fourth-order valence-corrected chi connectivity index (χ4v) is 2.97. The fraction of sp³-hybridized carbons (Fsp3) is 0.600. The zero-order chi connectivity index (χ0) is 15.2. The number of ether oxygens (including phenoxy) is 1. The summed E-state index contributed by atoms with van der Waals surface area (Å²) in [5.41, 5.74) is -0.0735. The van der Waals surface area contributed by atoms with Crippen LogP contribution in [0.25, 0.3) is 0 Å². The minimum absolute atomic E-state index is 0.0735. The number of carbonyl (C=O) groups is 1. The molecule has 0 spiro atoms. The second kappa shape index (κ2) is 7.61. The van der Waals surface area contributed by atoms with E-state index in [4.69, 9.17) is 21.4 Å². The van der Waals surface area contributed by atoms with Crippen molar-refractivity contribution >= 4 is 23.4 Å². The first-order chi connectivity index (χ1) is 10.1. The average molecular weight is 313 g/mol. The molecule has 1 unspecified atom stereocenters. The van der Waals surface area contributed by atoms with Crippen LogP contribution in [0.15, 0.2) is 12.1 Å². The predicted molar refractivity (Wildman–Crippen MR) is 82.3 cm³/mol. The molecule has 1 atom stereocenters. The summed E-state index contributed by atoms with van der Waals surface area (Å²) in [6, 6.07) is 3.41. The van der Waals surface area contributed by atoms with Gasteiger partial charge in [0.05, 0.1) is 5.02 Å². The van der Waals surface area contributed by atoms with Crippen molar-refractivity contribution < 1.29 is 14.6 Å². The quantitative estimate of drug-likeness (QED) is 0.818. The summed E-state index contributed by atoms with van der Waals surface area (Å²) in [5.74, 6) is 0.225. The monoisotopic (exact) mass is 312 g/mol. The second-order valence-corrected chi connectivity index (χ2v) is 5.80. The van der Waals surface area contributed by atoms with Gasteiger partial charge in [-0.25, -0.2) is 9.78 Å². The van der Waals surface area contributed by atoms with E-state index in [1.807, 2.05) is 0 Å². The Morgan fingerprint density at radius 2 is 2.38 bits per heavy atom. The number of pyridine rings is 1. The molecule has 0 bridgehead atoms. The zero-order valence-corrected chi connectivity index (χ0v) is 13.0. The van der Waals surface area contributed by atoms with Crippen molar-refractivity contribution in [2.75, 3.05) is 31.7 Å². The molecule has 1 aromatic rings. The van der Waals surface area contributed by atoms with E-state index >= 15 is 0 Å². The van der Waals surface area contributed by atoms with Gasteiger partial charge in [0.1, 0.15) is 5.82 Å². The number of piperidine rings is 1. The first-order valence-electron chi connectivity index (χ1n) is 7.25. The van der Waals surface area contributed by atoms with Crippen LogP contribution < -0.4 is 4.90 Å². The summed E-state index contributed by atoms with van der Waals surface area (Å²) in [5, 5.41) is 9.28. The number of aromatic carboxylic acids is 1. The SMILES string of the molecule is COCCCC1CCCN(c2ccc(Cl)c(C(=O)O)n2)C1. The van der Waals surface area contributed by atoms with Crippen molar-refractivity contribution in [2.24, 2.45) is 5.92 Å². The molecule has 21 heavy (non-hydrogen) atoms. The highest BCUT2D eigenvalue weighted by Crippen LogP contribution is 2.26. The Morgan fingerprint density at radius 3 is 3.10 bits per heavy atom. The van der Waals surface area contributed by atoms with Crippen LogP contribution in [-0.4, -0.2) is 42.9 Å². The topological polar surface area (TPSA) is 62.7 Å². The molecule has 6 heteroatoms. The van der Waals surface area contributed by atoms with Crippen molar-refractivity contribution in [1.82, 2.24) is 4.98 Å². The van der Waals surface area contributed by atoms with E-state index in [1.54, 1.807) is 19.2 Å². The second-order valence-electron chi connectivity index (χ2n) is 5.39. The van der Waals surface area contributed by atoms with Gasteiger partial charge in [0.2, 0.25) is 0 Å². The lowest BCUT2D eigenvalue weighted by molar-refractivity contribution is 0.0691. The van der Waals surface area contributed by atoms with Crippen molar-refractivity contribution in [2.45, 2.75) is 25.7 Å². The Morgan fingerprint density at radius 1 is 1.57 bits per heavy atom. The Kier molecular flexibility index (Phi) is 5.82. The summed E-state index contributed by atoms with van der Waals surface area (Å²) in [6.07, 6.45) is 4.50. The Hall–Kier alpha value is -1.33. The van der Waals surface area contributed by atoms with Gasteiger partial charge in [-0.2, -0.15) is 0 Å². The number of anilines is 1. The summed E-state index contributed by atoms with van der Waals surface area (Å²) in [7, 11) is 1.72. The minimum atomic E-state index is -1.09. The van der Waals surface area contributed by atoms with E-state index in [2.05, 4.69) is 9.88 Å². The Balaban J connectivity index is 2.03. The molecule has 1 saturated heterocycles. The molecule has 0 aliphatic carbocycles. The third kappa shape index (κ3) is 4.32. The highest BCUT2D eigenvalue weighted by Gasteiger charge is 2.22. The molecule has 1 aliphatic rings. The molecule has 0 amide bonds. The van der Waals surface area contributed by atoms with Gasteiger partial charge in [-0.3, -0.25) is 0 Å². The average Bonchev–Trinajstić information content (AvgIpc) is 2.48. The van der Waals surface area contributed by atoms with Gasteiger partial charge in [0.25, 0.3) is 0 Å². The lowest BCUT2D eigenvalue weighted by Crippen LogP contribution is -2.36. The van der Waals surface area contributed by atoms with Gasteiger partial charge in [-0.05, 0) is 43.7 Å². The van der Waals surface area contributed by atoms with Crippen LogP contribution in [0.1, 0.15) is 36.2 Å². The lowest BCUT2D eigenvalue weighted by Gasteiger charge is -2.33. The predicted octanol–water partition coefficient (Wildman–Crippen LogP) is 3.08. The molecule has 2 heterocycles. The first kappa shape index (κ1) is 16.0. The summed E-state index contributed by atoms with van der Waals surface area (Å²) < 4.78 is 5.09. The minimum Gasteiger partial charge on any atom is -0.476 e. The molecule has 1 fully saturated rings. The van der Waals surface area contributed by atoms with E-state index in [9.17, 15) is 4.79 Å². The molecule has 1 aliphatic heterocycles. The molecular formula is C15H21ClN2O3. The van der Waals surface area contributed by atoms with E-state index in [0.717, 1.165) is 39.0 Å². The van der Waals surface area contributed by atoms with Gasteiger partial charge < -0.3 is 14.7 Å². The van der Waals surface area contributed by atoms with Crippen LogP contribution in [-0.2, 0) is 4.74 Å². The summed E-state index contributed by atoms with van der Waals surface area (Å²) in [4.78, 5) is 17.5. The van der Waals surface area contributed by atoms with Crippen LogP contribution in [0.3, 0.4) is 0 Å². The zero-order valence-electron chi connectivity index (χ0n) is 12.2. The number of carboxylic acid groups (broad SMARTS) is 1. The van der Waals surface area contributed by atoms with Crippen molar-refractivity contribution in [3.63, 3.8) is 0 Å². The Labute approximate surface area is 129 Å². The molecular weight excluding hydrogens is 292 g/mol. The number of hydrogen-bond acceptors (Lipinski definition) is 4. The van der Waals surface area contributed by atoms with Crippen LogP contribution in [0.4, 0.5) is 5.82 Å². The number of halogens is 1. The van der Waals surface area contributed by atoms with Gasteiger partial charge in [-0.1, -0.05) is 11.6 Å². The van der Waals surface area contributed by atoms with Crippen LogP contribution >= 0.6 is 11.6 Å². The van der Waals surface area contributed by atoms with Gasteiger partial charge in [0, 0.05) is 26.8 Å². The number of nitrogens with zero attached hydrogens (tertiary/aromatic N) is 2. The number of carboxylic acids is 1. The maximum Gasteiger partial charge on any atom is 0.356 e. The lowest BCUT2D eigenvalue weighted by atomic mass is 9.93. The normalized spacial score (nSPS) is 18.8. The largest absolute Gasteiger partial charge is 0.476 e. The molecule has 5 nitrogen and oxygen atoms in total. The third-order valence-electron chi connectivity index (χ3n) is 3.84. The van der Waals surface area contributed by atoms with Crippen LogP contribution in [0.5, 0.6) is 0 Å². The first-order valence-corrected chi connectivity index (χ1v) is 7.63. The third-order valence-corrected chi connectivity index (χ3v) is 4.14. The number of hydrogen-bond donors (Lipinski definition) is 1.